The van der Waals surface area contributed by atoms with Crippen molar-refractivity contribution in [2.45, 2.75) is 25.8 Å². The lowest BCUT2D eigenvalue weighted by Gasteiger charge is -2.36. The summed E-state index contributed by atoms with van der Waals surface area (Å²) in [5.74, 6) is -0.744. The van der Waals surface area contributed by atoms with Gasteiger partial charge in [-0.2, -0.15) is 0 Å². The minimum absolute atomic E-state index is 0.185. The van der Waals surface area contributed by atoms with Crippen LogP contribution in [-0.2, 0) is 4.79 Å². The van der Waals surface area contributed by atoms with E-state index in [1.54, 1.807) is 24.3 Å². The number of rotatable bonds is 2. The number of carbonyl (C=O) groups excluding carboxylic acids is 1. The highest BCUT2D eigenvalue weighted by atomic mass is 16.4. The Morgan fingerprint density at radius 3 is 2.56 bits per heavy atom. The van der Waals surface area contributed by atoms with Crippen LogP contribution in [0.2, 0.25) is 0 Å². The number of nitrogens with zero attached hydrogens (tertiary/aromatic N) is 1. The van der Waals surface area contributed by atoms with E-state index in [4.69, 9.17) is 0 Å². The molecule has 0 aliphatic carbocycles. The van der Waals surface area contributed by atoms with E-state index in [9.17, 15) is 14.7 Å². The molecule has 1 aliphatic rings. The van der Waals surface area contributed by atoms with Crippen LogP contribution < -0.4 is 0 Å². The fourth-order valence-electron chi connectivity index (χ4n) is 2.37. The average molecular weight is 247 g/mol. The maximum atomic E-state index is 12.3. The van der Waals surface area contributed by atoms with E-state index in [1.165, 1.54) is 4.90 Å². The predicted octanol–water partition coefficient (Wildman–Crippen LogP) is 2.01. The summed E-state index contributed by atoms with van der Waals surface area (Å²) in [6.45, 7) is 2.55. The van der Waals surface area contributed by atoms with Gasteiger partial charge in [-0.3, -0.25) is 4.79 Å². The van der Waals surface area contributed by atoms with Gasteiger partial charge in [-0.15, -0.1) is 0 Å². The molecule has 0 aromatic heterocycles. The third-order valence-corrected chi connectivity index (χ3v) is 3.43. The number of amides is 1. The number of carboxylic acid groups (broad SMARTS) is 1. The Balaban J connectivity index is 2.20. The van der Waals surface area contributed by atoms with Gasteiger partial charge in [0.2, 0.25) is 0 Å². The van der Waals surface area contributed by atoms with Gasteiger partial charge in [0.15, 0.2) is 0 Å². The number of aliphatic carboxylic acids is 1. The Bertz CT molecular complexity index is 444. The van der Waals surface area contributed by atoms with Gasteiger partial charge in [0, 0.05) is 12.1 Å². The summed E-state index contributed by atoms with van der Waals surface area (Å²) in [6.07, 6.45) is 1.40. The quantitative estimate of drug-likeness (QED) is 0.869. The average Bonchev–Trinajstić information content (AvgIpc) is 2.39. The van der Waals surface area contributed by atoms with Gasteiger partial charge in [-0.1, -0.05) is 25.1 Å². The van der Waals surface area contributed by atoms with Crippen LogP contribution in [0.25, 0.3) is 0 Å². The molecule has 0 bridgehead atoms. The molecular formula is C14H17NO3. The molecule has 0 saturated carbocycles. The first-order valence-corrected chi connectivity index (χ1v) is 6.18. The minimum Gasteiger partial charge on any atom is -0.480 e. The number of likely N-dealkylation sites (tertiary alicyclic amines) is 1. The number of benzene rings is 1. The van der Waals surface area contributed by atoms with E-state index >= 15 is 0 Å². The first-order chi connectivity index (χ1) is 8.59. The second kappa shape index (κ2) is 5.21. The zero-order valence-corrected chi connectivity index (χ0v) is 10.4. The van der Waals surface area contributed by atoms with E-state index in [2.05, 4.69) is 0 Å². The molecule has 4 nitrogen and oxygen atoms in total. The Morgan fingerprint density at radius 2 is 1.94 bits per heavy atom. The third-order valence-electron chi connectivity index (χ3n) is 3.43. The molecule has 2 rings (SSSR count). The fraction of sp³-hybridized carbons (Fsp3) is 0.429. The summed E-state index contributed by atoms with van der Waals surface area (Å²) in [5, 5.41) is 9.23. The molecular weight excluding hydrogens is 230 g/mol. The monoisotopic (exact) mass is 247 g/mol. The van der Waals surface area contributed by atoms with Crippen LogP contribution in [-0.4, -0.2) is 34.5 Å². The predicted molar refractivity (Wildman–Crippen MR) is 67.3 cm³/mol. The molecule has 1 aromatic carbocycles. The highest BCUT2D eigenvalue weighted by Crippen LogP contribution is 2.24. The van der Waals surface area contributed by atoms with Gasteiger partial charge in [0.05, 0.1) is 0 Å². The second-order valence-corrected chi connectivity index (χ2v) is 4.85. The van der Waals surface area contributed by atoms with Gasteiger partial charge in [-0.05, 0) is 30.9 Å². The lowest BCUT2D eigenvalue weighted by atomic mass is 9.92. The van der Waals surface area contributed by atoms with Gasteiger partial charge in [0.1, 0.15) is 6.04 Å². The Morgan fingerprint density at radius 1 is 1.28 bits per heavy atom. The van der Waals surface area contributed by atoms with Crippen molar-refractivity contribution in [1.29, 1.82) is 0 Å². The van der Waals surface area contributed by atoms with Crippen LogP contribution >= 0.6 is 0 Å². The van der Waals surface area contributed by atoms with Crippen molar-refractivity contribution >= 4 is 11.9 Å². The zero-order valence-electron chi connectivity index (χ0n) is 10.4. The molecule has 2 atom stereocenters. The third kappa shape index (κ3) is 2.53. The SMILES string of the molecule is CC1CCN(C(=O)c2ccccc2)C(C(=O)O)C1. The van der Waals surface area contributed by atoms with Gasteiger partial charge in [0.25, 0.3) is 5.91 Å². The van der Waals surface area contributed by atoms with E-state index in [0.29, 0.717) is 24.4 Å². The van der Waals surface area contributed by atoms with Crippen LogP contribution in [0.3, 0.4) is 0 Å². The molecule has 1 amide bonds. The fourth-order valence-corrected chi connectivity index (χ4v) is 2.37. The summed E-state index contributed by atoms with van der Waals surface area (Å²) < 4.78 is 0. The summed E-state index contributed by atoms with van der Waals surface area (Å²) in [4.78, 5) is 25.0. The smallest absolute Gasteiger partial charge is 0.326 e. The molecule has 1 fully saturated rings. The van der Waals surface area contributed by atoms with Crippen molar-refractivity contribution in [2.75, 3.05) is 6.54 Å². The maximum Gasteiger partial charge on any atom is 0.326 e. The number of hydrogen-bond donors (Lipinski definition) is 1. The first kappa shape index (κ1) is 12.6. The summed E-state index contributed by atoms with van der Waals surface area (Å²) in [5.41, 5.74) is 0.554. The molecule has 0 spiro atoms. The molecule has 2 unspecified atom stereocenters. The topological polar surface area (TPSA) is 57.6 Å². The highest BCUT2D eigenvalue weighted by molar-refractivity contribution is 5.96. The maximum absolute atomic E-state index is 12.3. The van der Waals surface area contributed by atoms with E-state index in [1.807, 2.05) is 13.0 Å². The minimum atomic E-state index is -0.911. The molecule has 18 heavy (non-hydrogen) atoms. The lowest BCUT2D eigenvalue weighted by molar-refractivity contribution is -0.144. The Kier molecular flexibility index (Phi) is 3.65. The molecule has 1 heterocycles. The van der Waals surface area contributed by atoms with Crippen molar-refractivity contribution in [3.8, 4) is 0 Å². The number of piperidine rings is 1. The van der Waals surface area contributed by atoms with Crippen molar-refractivity contribution < 1.29 is 14.7 Å². The van der Waals surface area contributed by atoms with Crippen molar-refractivity contribution in [1.82, 2.24) is 4.90 Å². The van der Waals surface area contributed by atoms with Crippen molar-refractivity contribution in [2.24, 2.45) is 5.92 Å². The summed E-state index contributed by atoms with van der Waals surface area (Å²) >= 11 is 0. The Labute approximate surface area is 106 Å². The number of carboxylic acids is 1. The van der Waals surface area contributed by atoms with E-state index in [0.717, 1.165) is 6.42 Å². The highest BCUT2D eigenvalue weighted by Gasteiger charge is 2.34. The molecule has 1 aliphatic heterocycles. The van der Waals surface area contributed by atoms with Crippen molar-refractivity contribution in [3.63, 3.8) is 0 Å². The van der Waals surface area contributed by atoms with Crippen LogP contribution in [0.1, 0.15) is 30.1 Å². The van der Waals surface area contributed by atoms with Gasteiger partial charge < -0.3 is 10.0 Å². The van der Waals surface area contributed by atoms with E-state index in [-0.39, 0.29) is 5.91 Å². The van der Waals surface area contributed by atoms with Gasteiger partial charge in [-0.25, -0.2) is 4.79 Å². The van der Waals surface area contributed by atoms with Crippen LogP contribution in [0.4, 0.5) is 0 Å². The first-order valence-electron chi connectivity index (χ1n) is 6.18. The largest absolute Gasteiger partial charge is 0.480 e. The zero-order chi connectivity index (χ0) is 13.1. The molecule has 0 radical (unpaired) electrons. The van der Waals surface area contributed by atoms with Gasteiger partial charge >= 0.3 is 5.97 Å². The Hall–Kier alpha value is -1.84. The normalized spacial score (nSPS) is 23.7. The number of carbonyl (C=O) groups is 2. The summed E-state index contributed by atoms with van der Waals surface area (Å²) in [6, 6.07) is 8.16. The molecule has 96 valence electrons. The molecule has 4 heteroatoms. The lowest BCUT2D eigenvalue weighted by Crippen LogP contribution is -2.49. The second-order valence-electron chi connectivity index (χ2n) is 4.85. The van der Waals surface area contributed by atoms with Crippen molar-refractivity contribution in [3.05, 3.63) is 35.9 Å². The molecule has 1 N–H and O–H groups in total. The van der Waals surface area contributed by atoms with E-state index < -0.39 is 12.0 Å². The van der Waals surface area contributed by atoms with Crippen LogP contribution in [0, 0.1) is 5.92 Å². The molecule has 1 aromatic rings. The molecule has 1 saturated heterocycles. The van der Waals surface area contributed by atoms with Crippen LogP contribution in [0.15, 0.2) is 30.3 Å². The summed E-state index contributed by atoms with van der Waals surface area (Å²) in [7, 11) is 0. The van der Waals surface area contributed by atoms with Crippen LogP contribution in [0.5, 0.6) is 0 Å². The standard InChI is InChI=1S/C14H17NO3/c1-10-7-8-15(12(9-10)14(17)18)13(16)11-5-3-2-4-6-11/h2-6,10,12H,7-9H2,1H3,(H,17,18). The number of hydrogen-bond acceptors (Lipinski definition) is 2.